The third-order valence-electron chi connectivity index (χ3n) is 3.14. The Hall–Kier alpha value is -2.61. The highest BCUT2D eigenvalue weighted by molar-refractivity contribution is 7.92. The second kappa shape index (κ2) is 7.31. The fraction of sp³-hybridized carbons (Fsp3) is 0.250. The number of rotatable bonds is 6. The van der Waals surface area contributed by atoms with Gasteiger partial charge in [0.1, 0.15) is 16.2 Å². The van der Waals surface area contributed by atoms with Gasteiger partial charge in [0, 0.05) is 6.20 Å². The number of anilines is 1. The number of hydrogen-bond acceptors (Lipinski definition) is 6. The van der Waals surface area contributed by atoms with Crippen molar-refractivity contribution in [3.8, 4) is 5.75 Å². The highest BCUT2D eigenvalue weighted by Crippen LogP contribution is 2.27. The zero-order valence-electron chi connectivity index (χ0n) is 13.6. The minimum atomic E-state index is -3.99. The highest BCUT2D eigenvalue weighted by atomic mass is 32.2. The predicted molar refractivity (Wildman–Crippen MR) is 88.7 cm³/mol. The second-order valence-corrected chi connectivity index (χ2v) is 6.53. The molecule has 2 aromatic rings. The molecule has 0 spiro atoms. The lowest BCUT2D eigenvalue weighted by Crippen LogP contribution is -2.18. The molecule has 1 aromatic carbocycles. The highest BCUT2D eigenvalue weighted by Gasteiger charge is 2.23. The molecule has 2 rings (SSSR count). The summed E-state index contributed by atoms with van der Waals surface area (Å²) < 4.78 is 37.7. The Morgan fingerprint density at radius 1 is 1.29 bits per heavy atom. The monoisotopic (exact) mass is 350 g/mol. The summed E-state index contributed by atoms with van der Waals surface area (Å²) in [5.74, 6) is -0.555. The van der Waals surface area contributed by atoms with Crippen molar-refractivity contribution in [2.75, 3.05) is 18.4 Å². The summed E-state index contributed by atoms with van der Waals surface area (Å²) >= 11 is 0. The lowest BCUT2D eigenvalue weighted by atomic mass is 10.2. The van der Waals surface area contributed by atoms with Gasteiger partial charge in [-0.2, -0.15) is 0 Å². The predicted octanol–water partition coefficient (Wildman–Crippen LogP) is 2.38. The van der Waals surface area contributed by atoms with E-state index in [0.717, 1.165) is 5.56 Å². The van der Waals surface area contributed by atoms with Gasteiger partial charge in [0.2, 0.25) is 0 Å². The van der Waals surface area contributed by atoms with Crippen molar-refractivity contribution in [1.29, 1.82) is 0 Å². The smallest absolute Gasteiger partial charge is 0.341 e. The molecule has 0 aliphatic rings. The Morgan fingerprint density at radius 2 is 2.04 bits per heavy atom. The number of benzene rings is 1. The van der Waals surface area contributed by atoms with Crippen LogP contribution in [0.25, 0.3) is 0 Å². The van der Waals surface area contributed by atoms with Gasteiger partial charge >= 0.3 is 5.97 Å². The van der Waals surface area contributed by atoms with E-state index in [0.29, 0.717) is 0 Å². The fourth-order valence-corrected chi connectivity index (χ4v) is 3.32. The van der Waals surface area contributed by atoms with Crippen LogP contribution in [0.4, 0.5) is 5.82 Å². The topological polar surface area (TPSA) is 94.6 Å². The molecule has 128 valence electrons. The molecule has 0 unspecified atom stereocenters. The molecule has 0 fully saturated rings. The quantitative estimate of drug-likeness (QED) is 0.804. The average molecular weight is 350 g/mol. The normalized spacial score (nSPS) is 11.0. The zero-order valence-corrected chi connectivity index (χ0v) is 14.4. The van der Waals surface area contributed by atoms with Gasteiger partial charge in [-0.3, -0.25) is 4.72 Å². The number of methoxy groups -OCH3 is 1. The Labute approximate surface area is 140 Å². The largest absolute Gasteiger partial charge is 0.495 e. The first-order chi connectivity index (χ1) is 11.4. The number of nitrogens with zero attached hydrogens (tertiary/aromatic N) is 1. The third-order valence-corrected chi connectivity index (χ3v) is 4.50. The lowest BCUT2D eigenvalue weighted by Gasteiger charge is -2.13. The number of carbonyl (C=O) groups is 1. The maximum Gasteiger partial charge on any atom is 0.341 e. The summed E-state index contributed by atoms with van der Waals surface area (Å²) in [4.78, 5) is 15.8. The van der Waals surface area contributed by atoms with Crippen molar-refractivity contribution in [3.05, 3.63) is 47.7 Å². The lowest BCUT2D eigenvalue weighted by molar-refractivity contribution is 0.0527. The maximum absolute atomic E-state index is 12.7. The van der Waals surface area contributed by atoms with Gasteiger partial charge in [0.05, 0.1) is 13.7 Å². The van der Waals surface area contributed by atoms with E-state index < -0.39 is 16.0 Å². The fourth-order valence-electron chi connectivity index (χ4n) is 2.04. The molecule has 1 aromatic heterocycles. The van der Waals surface area contributed by atoms with Crippen LogP contribution in [0, 0.1) is 6.92 Å². The van der Waals surface area contributed by atoms with Crippen molar-refractivity contribution >= 4 is 21.8 Å². The number of carbonyl (C=O) groups excluding carboxylic acids is 1. The summed E-state index contributed by atoms with van der Waals surface area (Å²) in [6.07, 6.45) is 1.38. The van der Waals surface area contributed by atoms with Crippen LogP contribution in [0.3, 0.4) is 0 Å². The van der Waals surface area contributed by atoms with E-state index in [9.17, 15) is 13.2 Å². The number of aromatic nitrogens is 1. The first-order valence-corrected chi connectivity index (χ1v) is 8.67. The van der Waals surface area contributed by atoms with Crippen LogP contribution in [-0.4, -0.2) is 33.1 Å². The summed E-state index contributed by atoms with van der Waals surface area (Å²) in [5.41, 5.74) is 0.789. The van der Waals surface area contributed by atoms with Crippen LogP contribution < -0.4 is 9.46 Å². The molecule has 24 heavy (non-hydrogen) atoms. The molecule has 0 aliphatic heterocycles. The molecular weight excluding hydrogens is 332 g/mol. The molecule has 0 bridgehead atoms. The van der Waals surface area contributed by atoms with E-state index >= 15 is 0 Å². The van der Waals surface area contributed by atoms with Crippen LogP contribution >= 0.6 is 0 Å². The van der Waals surface area contributed by atoms with Crippen LogP contribution in [0.2, 0.25) is 0 Å². The van der Waals surface area contributed by atoms with Crippen molar-refractivity contribution in [2.45, 2.75) is 18.7 Å². The standard InChI is InChI=1S/C16H18N2O5S/c1-4-23-16(19)12-6-5-9-17-15(12)18-24(20,21)14-10-11(2)7-8-13(14)22-3/h5-10H,4H2,1-3H3,(H,17,18). The number of ether oxygens (including phenoxy) is 2. The molecule has 7 nitrogen and oxygen atoms in total. The first-order valence-electron chi connectivity index (χ1n) is 7.18. The molecular formula is C16H18N2O5S. The van der Waals surface area contributed by atoms with E-state index in [1.807, 2.05) is 0 Å². The van der Waals surface area contributed by atoms with Crippen LogP contribution in [0.1, 0.15) is 22.8 Å². The molecule has 0 radical (unpaired) electrons. The molecule has 8 heteroatoms. The van der Waals surface area contributed by atoms with Gasteiger partial charge in [0.15, 0.2) is 5.82 Å². The first kappa shape index (κ1) is 17.7. The van der Waals surface area contributed by atoms with E-state index in [1.54, 1.807) is 26.0 Å². The van der Waals surface area contributed by atoms with Gasteiger partial charge in [-0.1, -0.05) is 6.07 Å². The summed E-state index contributed by atoms with van der Waals surface area (Å²) in [5, 5.41) is 0. The van der Waals surface area contributed by atoms with Gasteiger partial charge in [-0.05, 0) is 43.7 Å². The summed E-state index contributed by atoms with van der Waals surface area (Å²) in [7, 11) is -2.61. The third kappa shape index (κ3) is 3.83. The minimum absolute atomic E-state index is 0.0366. The minimum Gasteiger partial charge on any atom is -0.495 e. The summed E-state index contributed by atoms with van der Waals surface area (Å²) in [6, 6.07) is 7.75. The molecule has 0 saturated heterocycles. The number of esters is 1. The van der Waals surface area contributed by atoms with Gasteiger partial charge < -0.3 is 9.47 Å². The van der Waals surface area contributed by atoms with E-state index in [-0.39, 0.29) is 28.6 Å². The van der Waals surface area contributed by atoms with Gasteiger partial charge in [0.25, 0.3) is 10.0 Å². The van der Waals surface area contributed by atoms with Gasteiger partial charge in [-0.25, -0.2) is 18.2 Å². The van der Waals surface area contributed by atoms with Crippen molar-refractivity contribution in [3.63, 3.8) is 0 Å². The molecule has 0 saturated carbocycles. The van der Waals surface area contributed by atoms with Crippen LogP contribution in [0.15, 0.2) is 41.4 Å². The van der Waals surface area contributed by atoms with E-state index in [2.05, 4.69) is 9.71 Å². The Morgan fingerprint density at radius 3 is 2.71 bits per heavy atom. The number of sulfonamides is 1. The van der Waals surface area contributed by atoms with Crippen LogP contribution in [0.5, 0.6) is 5.75 Å². The zero-order chi connectivity index (χ0) is 17.7. The van der Waals surface area contributed by atoms with Crippen molar-refractivity contribution in [2.24, 2.45) is 0 Å². The molecule has 0 amide bonds. The van der Waals surface area contributed by atoms with E-state index in [1.165, 1.54) is 31.5 Å². The summed E-state index contributed by atoms with van der Waals surface area (Å²) in [6.45, 7) is 3.60. The number of aryl methyl sites for hydroxylation is 1. The SMILES string of the molecule is CCOC(=O)c1cccnc1NS(=O)(=O)c1cc(C)ccc1OC. The number of hydrogen-bond donors (Lipinski definition) is 1. The van der Waals surface area contributed by atoms with Crippen LogP contribution in [-0.2, 0) is 14.8 Å². The molecule has 1 heterocycles. The molecule has 1 N–H and O–H groups in total. The molecule has 0 atom stereocenters. The Bertz CT molecular complexity index is 849. The Kier molecular flexibility index (Phi) is 5.40. The van der Waals surface area contributed by atoms with Crippen molar-refractivity contribution < 1.29 is 22.7 Å². The Balaban J connectivity index is 2.44. The van der Waals surface area contributed by atoms with Crippen molar-refractivity contribution in [1.82, 2.24) is 4.98 Å². The average Bonchev–Trinajstić information content (AvgIpc) is 2.55. The second-order valence-electron chi connectivity index (χ2n) is 4.88. The number of nitrogens with one attached hydrogen (secondary N) is 1. The van der Waals surface area contributed by atoms with Gasteiger partial charge in [-0.15, -0.1) is 0 Å². The number of pyridine rings is 1. The van der Waals surface area contributed by atoms with E-state index in [4.69, 9.17) is 9.47 Å². The maximum atomic E-state index is 12.7. The molecule has 0 aliphatic carbocycles.